The van der Waals surface area contributed by atoms with Crippen molar-refractivity contribution in [1.29, 1.82) is 0 Å². The van der Waals surface area contributed by atoms with E-state index in [4.69, 9.17) is 4.42 Å². The van der Waals surface area contributed by atoms with E-state index in [0.717, 1.165) is 25.2 Å². The number of nitrogens with one attached hydrogen (secondary N) is 2. The van der Waals surface area contributed by atoms with Gasteiger partial charge in [-0.25, -0.2) is 4.98 Å². The zero-order valence-electron chi connectivity index (χ0n) is 10.8. The maximum atomic E-state index is 12.0. The number of hydrogen-bond donors (Lipinski definition) is 2. The Morgan fingerprint density at radius 3 is 2.63 bits per heavy atom. The van der Waals surface area contributed by atoms with Gasteiger partial charge in [0.1, 0.15) is 5.76 Å². The maximum absolute atomic E-state index is 12.0. The summed E-state index contributed by atoms with van der Waals surface area (Å²) in [7, 11) is 0. The van der Waals surface area contributed by atoms with Crippen molar-refractivity contribution in [1.82, 2.24) is 15.8 Å². The Hall–Kier alpha value is -1.85. The molecule has 2 fully saturated rings. The van der Waals surface area contributed by atoms with E-state index in [9.17, 15) is 9.59 Å². The van der Waals surface area contributed by atoms with Gasteiger partial charge in [-0.15, -0.1) is 0 Å². The van der Waals surface area contributed by atoms with Gasteiger partial charge in [-0.1, -0.05) is 0 Å². The molecule has 3 atom stereocenters. The minimum absolute atomic E-state index is 0.0532. The summed E-state index contributed by atoms with van der Waals surface area (Å²) in [6.07, 6.45) is 5.67. The molecule has 0 spiro atoms. The fourth-order valence-electron chi connectivity index (χ4n) is 3.21. The smallest absolute Gasteiger partial charge is 0.291 e. The van der Waals surface area contributed by atoms with Gasteiger partial charge in [0.05, 0.1) is 0 Å². The quantitative estimate of drug-likeness (QED) is 0.785. The fourth-order valence-corrected chi connectivity index (χ4v) is 3.21. The van der Waals surface area contributed by atoms with Crippen LogP contribution >= 0.6 is 0 Å². The van der Waals surface area contributed by atoms with Crippen molar-refractivity contribution >= 4 is 11.8 Å². The van der Waals surface area contributed by atoms with E-state index in [1.54, 1.807) is 6.92 Å². The van der Waals surface area contributed by atoms with E-state index < -0.39 is 5.91 Å². The van der Waals surface area contributed by atoms with Crippen LogP contribution in [0.25, 0.3) is 0 Å². The van der Waals surface area contributed by atoms with Crippen LogP contribution in [0.4, 0.5) is 0 Å². The second-order valence-corrected chi connectivity index (χ2v) is 5.39. The minimum Gasteiger partial charge on any atom is -0.448 e. The summed E-state index contributed by atoms with van der Waals surface area (Å²) < 4.78 is 4.95. The molecule has 1 heterocycles. The van der Waals surface area contributed by atoms with E-state index in [1.165, 1.54) is 12.8 Å². The Bertz CT molecular complexity index is 511. The highest BCUT2D eigenvalue weighted by Crippen LogP contribution is 2.50. The van der Waals surface area contributed by atoms with Gasteiger partial charge in [-0.3, -0.25) is 20.4 Å². The van der Waals surface area contributed by atoms with Crippen molar-refractivity contribution in [2.24, 2.45) is 17.8 Å². The summed E-state index contributed by atoms with van der Waals surface area (Å²) in [5.41, 5.74) is 5.11. The molecule has 0 bridgehead atoms. The lowest BCUT2D eigenvalue weighted by Crippen LogP contribution is -2.46. The number of fused-ring (bicyclic) bond motifs is 1. The number of nitrogens with zero attached hydrogens (tertiary/aromatic N) is 1. The molecule has 1 unspecified atom stereocenters. The third-order valence-electron chi connectivity index (χ3n) is 4.44. The molecular weight excluding hydrogens is 246 g/mol. The summed E-state index contributed by atoms with van der Waals surface area (Å²) in [6.45, 7) is 1.65. The predicted molar refractivity (Wildman–Crippen MR) is 65.8 cm³/mol. The van der Waals surface area contributed by atoms with Gasteiger partial charge in [0.2, 0.25) is 5.91 Å². The Labute approximate surface area is 110 Å². The molecule has 2 aliphatic rings. The first kappa shape index (κ1) is 12.2. The molecule has 19 heavy (non-hydrogen) atoms. The van der Waals surface area contributed by atoms with Crippen molar-refractivity contribution in [2.75, 3.05) is 0 Å². The molecule has 0 aliphatic heterocycles. The van der Waals surface area contributed by atoms with Crippen LogP contribution in [0.3, 0.4) is 0 Å². The number of carbonyl (C=O) groups excluding carboxylic acids is 2. The molecule has 0 aromatic carbocycles. The summed E-state index contributed by atoms with van der Waals surface area (Å²) in [4.78, 5) is 27.6. The van der Waals surface area contributed by atoms with E-state index in [2.05, 4.69) is 15.8 Å². The van der Waals surface area contributed by atoms with Crippen LogP contribution in [0.15, 0.2) is 10.8 Å². The molecular formula is C13H17N3O3. The average Bonchev–Trinajstić information content (AvgIpc) is 2.90. The van der Waals surface area contributed by atoms with Crippen molar-refractivity contribution in [2.45, 2.75) is 32.6 Å². The van der Waals surface area contributed by atoms with Gasteiger partial charge in [-0.05, 0) is 44.4 Å². The monoisotopic (exact) mass is 263 g/mol. The number of hydrazine groups is 1. The lowest BCUT2D eigenvalue weighted by Gasteiger charge is -2.33. The van der Waals surface area contributed by atoms with Gasteiger partial charge in [0, 0.05) is 5.92 Å². The standard InChI is InChI=1S/C13H17N3O3/c1-7-11(14-6-19-7)13(18)16-15-12(17)10-5-3-8-2-4-9(8)10/h6,8-10H,2-5H2,1H3,(H,15,17)(H,16,18)/t8-,9-,10?/m0/s1. The van der Waals surface area contributed by atoms with Crippen LogP contribution in [-0.2, 0) is 4.79 Å². The normalized spacial score (nSPS) is 28.4. The zero-order chi connectivity index (χ0) is 13.4. The fraction of sp³-hybridized carbons (Fsp3) is 0.615. The summed E-state index contributed by atoms with van der Waals surface area (Å²) in [5.74, 6) is 1.21. The van der Waals surface area contributed by atoms with Gasteiger partial charge in [0.15, 0.2) is 12.1 Å². The van der Waals surface area contributed by atoms with Crippen LogP contribution in [-0.4, -0.2) is 16.8 Å². The molecule has 6 heteroatoms. The summed E-state index contributed by atoms with van der Waals surface area (Å²) in [6, 6.07) is 0. The largest absolute Gasteiger partial charge is 0.448 e. The topological polar surface area (TPSA) is 84.2 Å². The Balaban J connectivity index is 1.53. The number of rotatable bonds is 2. The first-order valence-corrected chi connectivity index (χ1v) is 6.67. The molecule has 2 saturated carbocycles. The molecule has 0 saturated heterocycles. The lowest BCUT2D eigenvalue weighted by atomic mass is 9.72. The van der Waals surface area contributed by atoms with Crippen LogP contribution in [0.2, 0.25) is 0 Å². The molecule has 3 rings (SSSR count). The van der Waals surface area contributed by atoms with Crippen LogP contribution < -0.4 is 10.9 Å². The molecule has 102 valence electrons. The summed E-state index contributed by atoms with van der Waals surface area (Å²) in [5, 5.41) is 0. The van der Waals surface area contributed by atoms with E-state index in [1.807, 2.05) is 0 Å². The summed E-state index contributed by atoms with van der Waals surface area (Å²) >= 11 is 0. The SMILES string of the molecule is Cc1ocnc1C(=O)NNC(=O)C1CC[C@@H]2CC[C@H]12. The van der Waals surface area contributed by atoms with Crippen molar-refractivity contribution < 1.29 is 14.0 Å². The number of aromatic nitrogens is 1. The molecule has 2 N–H and O–H groups in total. The number of oxazole rings is 1. The molecule has 2 aliphatic carbocycles. The van der Waals surface area contributed by atoms with Crippen molar-refractivity contribution in [3.05, 3.63) is 17.8 Å². The predicted octanol–water partition coefficient (Wildman–Crippen LogP) is 1.18. The third-order valence-corrected chi connectivity index (χ3v) is 4.44. The van der Waals surface area contributed by atoms with Gasteiger partial charge in [0.25, 0.3) is 5.91 Å². The van der Waals surface area contributed by atoms with Crippen LogP contribution in [0, 0.1) is 24.7 Å². The number of amides is 2. The highest BCUT2D eigenvalue weighted by atomic mass is 16.3. The van der Waals surface area contributed by atoms with Gasteiger partial charge >= 0.3 is 0 Å². The van der Waals surface area contributed by atoms with Gasteiger partial charge < -0.3 is 4.42 Å². The second-order valence-electron chi connectivity index (χ2n) is 5.39. The van der Waals surface area contributed by atoms with E-state index >= 15 is 0 Å². The Kier molecular flexibility index (Phi) is 3.00. The maximum Gasteiger partial charge on any atom is 0.291 e. The second kappa shape index (κ2) is 4.68. The van der Waals surface area contributed by atoms with Crippen molar-refractivity contribution in [3.63, 3.8) is 0 Å². The molecule has 0 radical (unpaired) electrons. The highest BCUT2D eigenvalue weighted by molar-refractivity contribution is 5.94. The Morgan fingerprint density at radius 1 is 1.26 bits per heavy atom. The molecule has 1 aromatic rings. The first-order valence-electron chi connectivity index (χ1n) is 6.67. The average molecular weight is 263 g/mol. The lowest BCUT2D eigenvalue weighted by molar-refractivity contribution is -0.128. The minimum atomic E-state index is -0.442. The molecule has 2 amide bonds. The number of aryl methyl sites for hydroxylation is 1. The van der Waals surface area contributed by atoms with Gasteiger partial charge in [-0.2, -0.15) is 0 Å². The third kappa shape index (κ3) is 2.11. The molecule has 1 aromatic heterocycles. The van der Waals surface area contributed by atoms with E-state index in [0.29, 0.717) is 11.7 Å². The van der Waals surface area contributed by atoms with E-state index in [-0.39, 0.29) is 17.5 Å². The van der Waals surface area contributed by atoms with Crippen LogP contribution in [0.5, 0.6) is 0 Å². The zero-order valence-corrected chi connectivity index (χ0v) is 10.8. The highest BCUT2D eigenvalue weighted by Gasteiger charge is 2.45. The molecule has 6 nitrogen and oxygen atoms in total. The first-order chi connectivity index (χ1) is 9.16. The van der Waals surface area contributed by atoms with Crippen LogP contribution in [0.1, 0.15) is 41.9 Å². The number of hydrogen-bond acceptors (Lipinski definition) is 4. The van der Waals surface area contributed by atoms with Crippen molar-refractivity contribution in [3.8, 4) is 0 Å². The Morgan fingerprint density at radius 2 is 2.05 bits per heavy atom. The number of carbonyl (C=O) groups is 2.